The lowest BCUT2D eigenvalue weighted by molar-refractivity contribution is 0.620. The number of fused-ring (bicyclic) bond motifs is 1. The first-order valence-corrected chi connectivity index (χ1v) is 8.71. The lowest BCUT2D eigenvalue weighted by atomic mass is 9.89. The zero-order valence-corrected chi connectivity index (χ0v) is 14.1. The first-order valence-electron chi connectivity index (χ1n) is 6.93. The second kappa shape index (κ2) is 5.03. The summed E-state index contributed by atoms with van der Waals surface area (Å²) in [5.41, 5.74) is 2.69. The number of thioether (sulfide) groups is 1. The van der Waals surface area contributed by atoms with Gasteiger partial charge in [-0.05, 0) is 40.0 Å². The molecule has 0 saturated heterocycles. The Kier molecular flexibility index (Phi) is 3.23. The molecular formula is C15H13BrFN3OS. The molecular weight excluding hydrogens is 369 g/mol. The van der Waals surface area contributed by atoms with E-state index < -0.39 is 0 Å². The second-order valence-corrected chi connectivity index (χ2v) is 7.43. The van der Waals surface area contributed by atoms with E-state index in [-0.39, 0.29) is 17.3 Å². The van der Waals surface area contributed by atoms with Gasteiger partial charge in [0.25, 0.3) is 5.56 Å². The number of aryl methyl sites for hydroxylation is 1. The van der Waals surface area contributed by atoms with Crippen molar-refractivity contribution in [3.05, 3.63) is 60.6 Å². The number of aromatic nitrogens is 2. The molecule has 7 heteroatoms. The monoisotopic (exact) mass is 381 g/mol. The van der Waals surface area contributed by atoms with E-state index in [4.69, 9.17) is 0 Å². The highest BCUT2D eigenvalue weighted by molar-refractivity contribution is 9.10. The van der Waals surface area contributed by atoms with E-state index in [9.17, 15) is 9.18 Å². The highest BCUT2D eigenvalue weighted by atomic mass is 79.9. The summed E-state index contributed by atoms with van der Waals surface area (Å²) in [5, 5.41) is 6.19. The fourth-order valence-electron chi connectivity index (χ4n) is 3.11. The Bertz CT molecular complexity index is 870. The lowest BCUT2D eigenvalue weighted by Gasteiger charge is -2.26. The maximum atomic E-state index is 13.6. The molecule has 114 valence electrons. The summed E-state index contributed by atoms with van der Waals surface area (Å²) in [5.74, 6) is 1.37. The number of allylic oxidation sites excluding steroid dienone is 2. The molecule has 0 aliphatic carbocycles. The van der Waals surface area contributed by atoms with Crippen molar-refractivity contribution in [2.24, 2.45) is 7.05 Å². The molecule has 2 N–H and O–H groups in total. The topological polar surface area (TPSA) is 49.8 Å². The van der Waals surface area contributed by atoms with Gasteiger partial charge >= 0.3 is 0 Å². The highest BCUT2D eigenvalue weighted by Crippen LogP contribution is 2.49. The van der Waals surface area contributed by atoms with Crippen LogP contribution >= 0.6 is 27.7 Å². The van der Waals surface area contributed by atoms with Crippen LogP contribution in [0.5, 0.6) is 0 Å². The van der Waals surface area contributed by atoms with Crippen LogP contribution in [0, 0.1) is 5.82 Å². The number of hydrogen-bond donors (Lipinski definition) is 2. The third-order valence-corrected chi connectivity index (χ3v) is 5.92. The normalized spacial score (nSPS) is 19.9. The van der Waals surface area contributed by atoms with Crippen molar-refractivity contribution in [1.82, 2.24) is 9.78 Å². The van der Waals surface area contributed by atoms with Crippen LogP contribution in [-0.2, 0) is 7.05 Å². The zero-order chi connectivity index (χ0) is 15.4. The van der Waals surface area contributed by atoms with Crippen molar-refractivity contribution >= 4 is 33.5 Å². The largest absolute Gasteiger partial charge is 0.343 e. The molecule has 0 radical (unpaired) electrons. The average Bonchev–Trinajstić information content (AvgIpc) is 3.05. The number of rotatable bonds is 1. The molecule has 0 fully saturated rings. The number of anilines is 1. The second-order valence-electron chi connectivity index (χ2n) is 5.44. The zero-order valence-electron chi connectivity index (χ0n) is 11.7. The van der Waals surface area contributed by atoms with Crippen molar-refractivity contribution < 1.29 is 4.39 Å². The van der Waals surface area contributed by atoms with Gasteiger partial charge in [0.15, 0.2) is 0 Å². The van der Waals surface area contributed by atoms with E-state index in [0.29, 0.717) is 10.0 Å². The number of halogens is 2. The van der Waals surface area contributed by atoms with Gasteiger partial charge in [-0.1, -0.05) is 6.07 Å². The molecule has 0 bridgehead atoms. The summed E-state index contributed by atoms with van der Waals surface area (Å²) in [4.78, 5) is 13.5. The summed E-state index contributed by atoms with van der Waals surface area (Å²) < 4.78 is 15.7. The van der Waals surface area contributed by atoms with E-state index in [1.165, 1.54) is 11.0 Å². The molecule has 4 nitrogen and oxygen atoms in total. The van der Waals surface area contributed by atoms with E-state index in [0.717, 1.165) is 29.3 Å². The number of hydrogen-bond acceptors (Lipinski definition) is 3. The van der Waals surface area contributed by atoms with E-state index in [2.05, 4.69) is 26.3 Å². The molecule has 2 aliphatic rings. The average molecular weight is 382 g/mol. The van der Waals surface area contributed by atoms with Gasteiger partial charge in [0.2, 0.25) is 0 Å². The minimum Gasteiger partial charge on any atom is -0.343 e. The molecule has 22 heavy (non-hydrogen) atoms. The Labute approximate surface area is 138 Å². The number of aromatic amines is 1. The Morgan fingerprint density at radius 1 is 1.45 bits per heavy atom. The third kappa shape index (κ3) is 1.99. The van der Waals surface area contributed by atoms with Crippen LogP contribution in [0.25, 0.3) is 0 Å². The molecule has 3 heterocycles. The highest BCUT2D eigenvalue weighted by Gasteiger charge is 2.36. The van der Waals surface area contributed by atoms with Crippen LogP contribution < -0.4 is 10.9 Å². The summed E-state index contributed by atoms with van der Waals surface area (Å²) in [6, 6.07) is 4.97. The Morgan fingerprint density at radius 2 is 2.27 bits per heavy atom. The number of H-pyrrole nitrogens is 1. The maximum absolute atomic E-state index is 13.6. The third-order valence-electron chi connectivity index (χ3n) is 4.11. The van der Waals surface area contributed by atoms with Gasteiger partial charge in [-0.15, -0.1) is 11.8 Å². The molecule has 4 rings (SSSR count). The first-order chi connectivity index (χ1) is 10.6. The molecule has 1 aromatic carbocycles. The van der Waals surface area contributed by atoms with Crippen LogP contribution in [0.1, 0.15) is 23.5 Å². The molecule has 2 aromatic rings. The van der Waals surface area contributed by atoms with E-state index in [1.54, 1.807) is 28.6 Å². The van der Waals surface area contributed by atoms with Crippen LogP contribution in [0.4, 0.5) is 10.2 Å². The maximum Gasteiger partial charge on any atom is 0.270 e. The van der Waals surface area contributed by atoms with Gasteiger partial charge in [-0.25, -0.2) is 4.39 Å². The van der Waals surface area contributed by atoms with Crippen molar-refractivity contribution in [2.75, 3.05) is 11.1 Å². The van der Waals surface area contributed by atoms with Gasteiger partial charge in [-0.2, -0.15) is 0 Å². The smallest absolute Gasteiger partial charge is 0.270 e. The first kappa shape index (κ1) is 14.1. The van der Waals surface area contributed by atoms with Crippen LogP contribution in [0.3, 0.4) is 0 Å². The van der Waals surface area contributed by atoms with Crippen LogP contribution in [0.2, 0.25) is 0 Å². The number of nitrogens with one attached hydrogen (secondary N) is 2. The summed E-state index contributed by atoms with van der Waals surface area (Å²) in [7, 11) is 1.82. The molecule has 1 atom stereocenters. The SMILES string of the molecule is Cn1[nH]c(=O)c2c1NC1=C(SCC1)C2c1ccc(F)c(Br)c1. The molecule has 0 amide bonds. The Balaban J connectivity index is 1.96. The van der Waals surface area contributed by atoms with Crippen molar-refractivity contribution in [1.29, 1.82) is 0 Å². The molecule has 1 unspecified atom stereocenters. The van der Waals surface area contributed by atoms with Gasteiger partial charge < -0.3 is 5.32 Å². The van der Waals surface area contributed by atoms with Gasteiger partial charge in [0.05, 0.1) is 16.0 Å². The lowest BCUT2D eigenvalue weighted by Crippen LogP contribution is -2.20. The fourth-order valence-corrected chi connectivity index (χ4v) is 4.79. The van der Waals surface area contributed by atoms with Gasteiger partial charge in [-0.3, -0.25) is 14.6 Å². The van der Waals surface area contributed by atoms with Crippen molar-refractivity contribution in [3.8, 4) is 0 Å². The van der Waals surface area contributed by atoms with E-state index in [1.807, 2.05) is 7.05 Å². The molecule has 1 aromatic heterocycles. The number of benzene rings is 1. The van der Waals surface area contributed by atoms with Gasteiger partial charge in [0, 0.05) is 23.4 Å². The standard InChI is InChI=1S/C15H13BrFN3OS/c1-20-14-12(15(21)19-20)11(13-10(18-14)4-5-22-13)7-2-3-9(17)8(16)6-7/h2-3,6,11,18H,4-5H2,1H3,(H,19,21). The molecule has 2 aliphatic heterocycles. The minimum absolute atomic E-state index is 0.102. The summed E-state index contributed by atoms with van der Waals surface area (Å²) in [6.45, 7) is 0. The number of nitrogens with zero attached hydrogens (tertiary/aromatic N) is 1. The molecule has 0 spiro atoms. The van der Waals surface area contributed by atoms with Crippen molar-refractivity contribution in [3.63, 3.8) is 0 Å². The van der Waals surface area contributed by atoms with Crippen molar-refractivity contribution in [2.45, 2.75) is 12.3 Å². The quantitative estimate of drug-likeness (QED) is 0.794. The van der Waals surface area contributed by atoms with Crippen LogP contribution in [0.15, 0.2) is 38.1 Å². The minimum atomic E-state index is -0.298. The Hall–Kier alpha value is -1.47. The summed E-state index contributed by atoms with van der Waals surface area (Å²) >= 11 is 5.01. The molecule has 0 saturated carbocycles. The van der Waals surface area contributed by atoms with Crippen LogP contribution in [-0.4, -0.2) is 15.5 Å². The predicted molar refractivity (Wildman–Crippen MR) is 89.7 cm³/mol. The fraction of sp³-hybridized carbons (Fsp3) is 0.267. The Morgan fingerprint density at radius 3 is 3.05 bits per heavy atom. The predicted octanol–water partition coefficient (Wildman–Crippen LogP) is 3.52. The summed E-state index contributed by atoms with van der Waals surface area (Å²) in [6.07, 6.45) is 0.956. The van der Waals surface area contributed by atoms with E-state index >= 15 is 0 Å². The van der Waals surface area contributed by atoms with Gasteiger partial charge in [0.1, 0.15) is 11.6 Å².